The zero-order valence-electron chi connectivity index (χ0n) is 11.6. The minimum atomic E-state index is -0.759. The first-order chi connectivity index (χ1) is 9.47. The van der Waals surface area contributed by atoms with E-state index in [2.05, 4.69) is 6.92 Å². The molecule has 5 nitrogen and oxygen atoms in total. The van der Waals surface area contributed by atoms with Crippen LogP contribution in [-0.2, 0) is 11.3 Å². The number of likely N-dealkylation sites (tertiary alicyclic amines) is 1. The van der Waals surface area contributed by atoms with E-state index in [-0.39, 0.29) is 0 Å². The van der Waals surface area contributed by atoms with E-state index >= 15 is 0 Å². The molecule has 1 aliphatic rings. The van der Waals surface area contributed by atoms with Crippen LogP contribution in [0.3, 0.4) is 0 Å². The molecule has 0 saturated carbocycles. The maximum Gasteiger partial charge on any atom is 0.320 e. The van der Waals surface area contributed by atoms with Gasteiger partial charge < -0.3 is 10.8 Å². The average Bonchev–Trinajstić information content (AvgIpc) is 2.41. The smallest absolute Gasteiger partial charge is 0.320 e. The zero-order valence-corrected chi connectivity index (χ0v) is 11.6. The van der Waals surface area contributed by atoms with Gasteiger partial charge in [0.15, 0.2) is 0 Å². The molecule has 2 unspecified atom stereocenters. The Kier molecular flexibility index (Phi) is 4.39. The second kappa shape index (κ2) is 6.05. The Morgan fingerprint density at radius 1 is 1.35 bits per heavy atom. The predicted octanol–water partition coefficient (Wildman–Crippen LogP) is 1.47. The molecule has 0 spiro atoms. The van der Waals surface area contributed by atoms with Crippen molar-refractivity contribution in [3.8, 4) is 0 Å². The first kappa shape index (κ1) is 14.5. The summed E-state index contributed by atoms with van der Waals surface area (Å²) in [6.07, 6.45) is 1.71. The van der Waals surface area contributed by atoms with E-state index in [1.165, 1.54) is 0 Å². The van der Waals surface area contributed by atoms with Crippen molar-refractivity contribution < 1.29 is 14.7 Å². The van der Waals surface area contributed by atoms with Gasteiger partial charge >= 0.3 is 5.97 Å². The van der Waals surface area contributed by atoms with Crippen LogP contribution in [0.5, 0.6) is 0 Å². The van der Waals surface area contributed by atoms with Gasteiger partial charge in [-0.2, -0.15) is 0 Å². The summed E-state index contributed by atoms with van der Waals surface area (Å²) in [5, 5.41) is 9.32. The minimum Gasteiger partial charge on any atom is -0.480 e. The number of hydrogen-bond acceptors (Lipinski definition) is 3. The van der Waals surface area contributed by atoms with Gasteiger partial charge in [-0.3, -0.25) is 14.5 Å². The standard InChI is InChI=1S/C15H20N2O3/c1-10-6-7-17(13(8-10)15(19)20)9-11-2-4-12(5-3-11)14(16)18/h2-5,10,13H,6-9H2,1H3,(H2,16,18)(H,19,20). The van der Waals surface area contributed by atoms with Crippen molar-refractivity contribution in [2.24, 2.45) is 11.7 Å². The number of nitrogens with two attached hydrogens (primary N) is 1. The fourth-order valence-electron chi connectivity index (χ4n) is 2.65. The summed E-state index contributed by atoms with van der Waals surface area (Å²) >= 11 is 0. The molecule has 2 rings (SSSR count). The Bertz CT molecular complexity index is 498. The Morgan fingerprint density at radius 2 is 2.00 bits per heavy atom. The number of benzene rings is 1. The molecule has 20 heavy (non-hydrogen) atoms. The van der Waals surface area contributed by atoms with Crippen molar-refractivity contribution in [1.82, 2.24) is 4.90 Å². The number of carboxylic acid groups (broad SMARTS) is 1. The van der Waals surface area contributed by atoms with Crippen molar-refractivity contribution in [1.29, 1.82) is 0 Å². The van der Waals surface area contributed by atoms with Gasteiger partial charge in [-0.05, 0) is 43.0 Å². The summed E-state index contributed by atoms with van der Waals surface area (Å²) in [4.78, 5) is 24.3. The molecule has 1 fully saturated rings. The lowest BCUT2D eigenvalue weighted by atomic mass is 9.92. The fourth-order valence-corrected chi connectivity index (χ4v) is 2.65. The molecule has 5 heteroatoms. The topological polar surface area (TPSA) is 83.6 Å². The highest BCUT2D eigenvalue weighted by molar-refractivity contribution is 5.92. The Labute approximate surface area is 118 Å². The van der Waals surface area contributed by atoms with Gasteiger partial charge in [-0.15, -0.1) is 0 Å². The molecule has 3 N–H and O–H groups in total. The molecule has 1 heterocycles. The van der Waals surface area contributed by atoms with Crippen LogP contribution in [0.4, 0.5) is 0 Å². The van der Waals surface area contributed by atoms with Crippen LogP contribution < -0.4 is 5.73 Å². The van der Waals surface area contributed by atoms with Gasteiger partial charge in [-0.25, -0.2) is 0 Å². The van der Waals surface area contributed by atoms with Crippen LogP contribution in [-0.4, -0.2) is 34.5 Å². The number of hydrogen-bond donors (Lipinski definition) is 2. The number of amides is 1. The lowest BCUT2D eigenvalue weighted by molar-refractivity contribution is -0.145. The molecule has 1 aromatic rings. The maximum atomic E-state index is 11.3. The van der Waals surface area contributed by atoms with E-state index in [0.29, 0.717) is 24.4 Å². The molecule has 1 saturated heterocycles. The summed E-state index contributed by atoms with van der Waals surface area (Å²) in [5.41, 5.74) is 6.66. The third-order valence-electron chi connectivity index (χ3n) is 3.88. The van der Waals surface area contributed by atoms with Crippen molar-refractivity contribution in [2.45, 2.75) is 32.4 Å². The van der Waals surface area contributed by atoms with Crippen LogP contribution in [0.1, 0.15) is 35.7 Å². The molecular formula is C15H20N2O3. The number of piperidine rings is 1. The largest absolute Gasteiger partial charge is 0.480 e. The predicted molar refractivity (Wildman–Crippen MR) is 75.2 cm³/mol. The Hall–Kier alpha value is -1.88. The van der Waals surface area contributed by atoms with Crippen LogP contribution in [0.15, 0.2) is 24.3 Å². The highest BCUT2D eigenvalue weighted by Gasteiger charge is 2.31. The second-order valence-electron chi connectivity index (χ2n) is 5.52. The number of nitrogens with zero attached hydrogens (tertiary/aromatic N) is 1. The molecule has 0 aliphatic carbocycles. The number of rotatable bonds is 4. The minimum absolute atomic E-state index is 0.422. The van der Waals surface area contributed by atoms with Gasteiger partial charge in [0.1, 0.15) is 6.04 Å². The van der Waals surface area contributed by atoms with Crippen LogP contribution >= 0.6 is 0 Å². The SMILES string of the molecule is CC1CCN(Cc2ccc(C(N)=O)cc2)C(C(=O)O)C1. The van der Waals surface area contributed by atoms with Crippen LogP contribution in [0.25, 0.3) is 0 Å². The summed E-state index contributed by atoms with van der Waals surface area (Å²) in [6.45, 7) is 3.47. The van der Waals surface area contributed by atoms with E-state index in [9.17, 15) is 14.7 Å². The van der Waals surface area contributed by atoms with Crippen LogP contribution in [0, 0.1) is 5.92 Å². The first-order valence-electron chi connectivity index (χ1n) is 6.83. The fraction of sp³-hybridized carbons (Fsp3) is 0.467. The quantitative estimate of drug-likeness (QED) is 0.872. The molecule has 2 atom stereocenters. The van der Waals surface area contributed by atoms with Crippen molar-refractivity contribution in [2.75, 3.05) is 6.54 Å². The normalized spacial score (nSPS) is 23.4. The lowest BCUT2D eigenvalue weighted by Crippen LogP contribution is -2.46. The Balaban J connectivity index is 2.07. The van der Waals surface area contributed by atoms with E-state index < -0.39 is 17.9 Å². The van der Waals surface area contributed by atoms with Crippen molar-refractivity contribution in [3.63, 3.8) is 0 Å². The number of primary amides is 1. The van der Waals surface area contributed by atoms with Crippen LogP contribution in [0.2, 0.25) is 0 Å². The molecule has 1 aromatic carbocycles. The van der Waals surface area contributed by atoms with Gasteiger partial charge in [0, 0.05) is 12.1 Å². The van der Waals surface area contributed by atoms with E-state index in [1.54, 1.807) is 12.1 Å². The maximum absolute atomic E-state index is 11.3. The highest BCUT2D eigenvalue weighted by Crippen LogP contribution is 2.24. The molecule has 1 aliphatic heterocycles. The zero-order chi connectivity index (χ0) is 14.7. The Morgan fingerprint density at radius 3 is 2.55 bits per heavy atom. The summed E-state index contributed by atoms with van der Waals surface area (Å²) in [6, 6.07) is 6.60. The number of carboxylic acids is 1. The molecule has 0 aromatic heterocycles. The molecule has 108 valence electrons. The summed E-state index contributed by atoms with van der Waals surface area (Å²) < 4.78 is 0. The number of carbonyl (C=O) groups is 2. The third-order valence-corrected chi connectivity index (χ3v) is 3.88. The first-order valence-corrected chi connectivity index (χ1v) is 6.83. The van der Waals surface area contributed by atoms with Gasteiger partial charge in [0.05, 0.1) is 0 Å². The number of aliphatic carboxylic acids is 1. The van der Waals surface area contributed by atoms with Gasteiger partial charge in [-0.1, -0.05) is 19.1 Å². The molecule has 1 amide bonds. The summed E-state index contributed by atoms with van der Waals surface area (Å²) in [5.74, 6) is -0.762. The summed E-state index contributed by atoms with van der Waals surface area (Å²) in [7, 11) is 0. The molecule has 0 bridgehead atoms. The van der Waals surface area contributed by atoms with E-state index in [0.717, 1.165) is 18.5 Å². The van der Waals surface area contributed by atoms with E-state index in [1.807, 2.05) is 17.0 Å². The number of carbonyl (C=O) groups excluding carboxylic acids is 1. The highest BCUT2D eigenvalue weighted by atomic mass is 16.4. The molecular weight excluding hydrogens is 256 g/mol. The van der Waals surface area contributed by atoms with E-state index in [4.69, 9.17) is 5.73 Å². The third kappa shape index (κ3) is 3.36. The van der Waals surface area contributed by atoms with Crippen molar-refractivity contribution >= 4 is 11.9 Å². The average molecular weight is 276 g/mol. The lowest BCUT2D eigenvalue weighted by Gasteiger charge is -2.36. The molecule has 0 radical (unpaired) electrons. The monoisotopic (exact) mass is 276 g/mol. The van der Waals surface area contributed by atoms with Crippen molar-refractivity contribution in [3.05, 3.63) is 35.4 Å². The second-order valence-corrected chi connectivity index (χ2v) is 5.52. The van der Waals surface area contributed by atoms with Gasteiger partial charge in [0.2, 0.25) is 5.91 Å². The van der Waals surface area contributed by atoms with Gasteiger partial charge in [0.25, 0.3) is 0 Å².